The minimum atomic E-state index is -3.11. The highest BCUT2D eigenvalue weighted by atomic mass is 19.3. The van der Waals surface area contributed by atoms with Crippen LogP contribution in [-0.4, -0.2) is 18.5 Å². The largest absolute Gasteiger partial charge is 0.360 e. The molecular weight excluding hydrogens is 262 g/mol. The lowest BCUT2D eigenvalue weighted by Gasteiger charge is -2.55. The van der Waals surface area contributed by atoms with Crippen LogP contribution in [0, 0.1) is 28.6 Å². The molecule has 0 radical (unpaired) electrons. The maximum absolute atomic E-state index is 14.0. The molecule has 4 saturated carbocycles. The van der Waals surface area contributed by atoms with E-state index < -0.39 is 11.5 Å². The third-order valence-corrected chi connectivity index (χ3v) is 5.55. The van der Waals surface area contributed by atoms with Gasteiger partial charge < -0.3 is 4.74 Å². The van der Waals surface area contributed by atoms with Crippen molar-refractivity contribution in [2.45, 2.75) is 59.0 Å². The van der Waals surface area contributed by atoms with Gasteiger partial charge in [0.2, 0.25) is 0 Å². The van der Waals surface area contributed by atoms with Gasteiger partial charge in [0.25, 0.3) is 0 Å². The number of hydrogen-bond donors (Lipinski definition) is 0. The minimum absolute atomic E-state index is 0.105. The van der Waals surface area contributed by atoms with Crippen molar-refractivity contribution in [3.8, 4) is 0 Å². The van der Waals surface area contributed by atoms with Gasteiger partial charge in [-0.1, -0.05) is 20.8 Å². The van der Waals surface area contributed by atoms with Gasteiger partial charge >= 0.3 is 6.11 Å². The molecule has 4 heteroatoms. The number of ether oxygens (including phenoxy) is 1. The summed E-state index contributed by atoms with van der Waals surface area (Å²) in [4.78, 5) is 12.1. The van der Waals surface area contributed by atoms with E-state index in [1.807, 2.05) is 0 Å². The fourth-order valence-corrected chi connectivity index (χ4v) is 4.55. The van der Waals surface area contributed by atoms with Gasteiger partial charge in [-0.05, 0) is 43.4 Å². The average Bonchev–Trinajstić information content (AvgIpc) is 2.31. The molecule has 0 aromatic heterocycles. The fourth-order valence-electron chi connectivity index (χ4n) is 4.55. The van der Waals surface area contributed by atoms with Crippen LogP contribution < -0.4 is 0 Å². The summed E-state index contributed by atoms with van der Waals surface area (Å²) in [7, 11) is 0. The van der Waals surface area contributed by atoms with Crippen LogP contribution >= 0.6 is 0 Å². The van der Waals surface area contributed by atoms with Crippen LogP contribution in [-0.2, 0) is 9.53 Å². The van der Waals surface area contributed by atoms with E-state index in [2.05, 4.69) is 0 Å². The second-order valence-electron chi connectivity index (χ2n) is 8.30. The highest BCUT2D eigenvalue weighted by Gasteiger charge is 2.56. The molecule has 0 aromatic carbocycles. The quantitative estimate of drug-likeness (QED) is 0.782. The Morgan fingerprint density at radius 3 is 2.20 bits per heavy atom. The fraction of sp³-hybridized carbons (Fsp3) is 0.938. The molecular formula is C16H24F2O2. The number of ketones is 1. The molecule has 0 aliphatic heterocycles. The molecule has 4 fully saturated rings. The molecule has 4 aliphatic rings. The lowest BCUT2D eigenvalue weighted by atomic mass is 9.49. The van der Waals surface area contributed by atoms with Gasteiger partial charge in [0, 0.05) is 11.8 Å². The second-order valence-corrected chi connectivity index (χ2v) is 8.30. The molecule has 0 aromatic rings. The Hall–Kier alpha value is -0.510. The topological polar surface area (TPSA) is 26.3 Å². The summed E-state index contributed by atoms with van der Waals surface area (Å²) in [6.45, 7) is 4.59. The van der Waals surface area contributed by atoms with Gasteiger partial charge in [-0.15, -0.1) is 0 Å². The lowest BCUT2D eigenvalue weighted by Crippen LogP contribution is -2.54. The first kappa shape index (κ1) is 14.4. The predicted molar refractivity (Wildman–Crippen MR) is 71.3 cm³/mol. The SMILES string of the molecule is CC(C)(C)C(F)(F)OCC12CC3CC(C1)C(=O)C(C3)C2. The van der Waals surface area contributed by atoms with Crippen molar-refractivity contribution in [3.05, 3.63) is 0 Å². The Bertz CT molecular complexity index is 407. The number of hydrogen-bond acceptors (Lipinski definition) is 2. The summed E-state index contributed by atoms with van der Waals surface area (Å²) in [6, 6.07) is 0. The molecule has 4 aliphatic carbocycles. The Morgan fingerprint density at radius 2 is 1.70 bits per heavy atom. The summed E-state index contributed by atoms with van der Waals surface area (Å²) in [5.41, 5.74) is -1.36. The molecule has 4 bridgehead atoms. The molecule has 114 valence electrons. The third kappa shape index (κ3) is 2.20. The van der Waals surface area contributed by atoms with E-state index in [9.17, 15) is 13.6 Å². The van der Waals surface area contributed by atoms with E-state index in [-0.39, 0.29) is 23.9 Å². The van der Waals surface area contributed by atoms with Crippen LogP contribution in [0.25, 0.3) is 0 Å². The Labute approximate surface area is 119 Å². The summed E-state index contributed by atoms with van der Waals surface area (Å²) >= 11 is 0. The van der Waals surface area contributed by atoms with Gasteiger partial charge in [0.05, 0.1) is 12.0 Å². The summed E-state index contributed by atoms with van der Waals surface area (Å²) in [5.74, 6) is 1.18. The molecule has 4 rings (SSSR count). The van der Waals surface area contributed by atoms with Gasteiger partial charge in [0.1, 0.15) is 5.78 Å². The van der Waals surface area contributed by atoms with E-state index in [1.165, 1.54) is 20.8 Å². The molecule has 0 N–H and O–H groups in total. The van der Waals surface area contributed by atoms with E-state index >= 15 is 0 Å². The third-order valence-electron chi connectivity index (χ3n) is 5.55. The number of alkyl halides is 2. The van der Waals surface area contributed by atoms with Crippen molar-refractivity contribution in [3.63, 3.8) is 0 Å². The zero-order chi connectivity index (χ0) is 14.8. The highest BCUT2D eigenvalue weighted by Crippen LogP contribution is 2.59. The predicted octanol–water partition coefficient (Wildman–Crippen LogP) is 4.04. The molecule has 0 amide bonds. The van der Waals surface area contributed by atoms with E-state index in [4.69, 9.17) is 4.74 Å². The number of Topliss-reactive ketones (excluding diaryl/α,β-unsaturated/α-hetero) is 1. The smallest absolute Gasteiger partial charge is 0.319 e. The monoisotopic (exact) mass is 286 g/mol. The van der Waals surface area contributed by atoms with Gasteiger partial charge in [0.15, 0.2) is 0 Å². The van der Waals surface area contributed by atoms with Crippen molar-refractivity contribution in [1.29, 1.82) is 0 Å². The average molecular weight is 286 g/mol. The second kappa shape index (κ2) is 4.25. The van der Waals surface area contributed by atoms with Crippen molar-refractivity contribution < 1.29 is 18.3 Å². The van der Waals surface area contributed by atoms with E-state index in [0.29, 0.717) is 11.7 Å². The molecule has 2 nitrogen and oxygen atoms in total. The maximum atomic E-state index is 14.0. The maximum Gasteiger partial charge on any atom is 0.360 e. The molecule has 0 heterocycles. The lowest BCUT2D eigenvalue weighted by molar-refractivity contribution is -0.310. The van der Waals surface area contributed by atoms with E-state index in [0.717, 1.165) is 32.1 Å². The zero-order valence-electron chi connectivity index (χ0n) is 12.5. The zero-order valence-corrected chi connectivity index (χ0v) is 12.5. The molecule has 2 unspecified atom stereocenters. The van der Waals surface area contributed by atoms with Crippen LogP contribution in [0.5, 0.6) is 0 Å². The Kier molecular flexibility index (Phi) is 3.06. The van der Waals surface area contributed by atoms with Crippen LogP contribution in [0.3, 0.4) is 0 Å². The van der Waals surface area contributed by atoms with Crippen molar-refractivity contribution in [2.75, 3.05) is 6.61 Å². The van der Waals surface area contributed by atoms with Crippen molar-refractivity contribution in [1.82, 2.24) is 0 Å². The van der Waals surface area contributed by atoms with Gasteiger partial charge in [-0.25, -0.2) is 0 Å². The number of carbonyl (C=O) groups is 1. The summed E-state index contributed by atoms with van der Waals surface area (Å²) in [6.07, 6.45) is 1.34. The number of carbonyl (C=O) groups excluding carboxylic acids is 1. The van der Waals surface area contributed by atoms with Crippen LogP contribution in [0.2, 0.25) is 0 Å². The van der Waals surface area contributed by atoms with Gasteiger partial charge in [-0.2, -0.15) is 8.78 Å². The molecule has 2 atom stereocenters. The van der Waals surface area contributed by atoms with Gasteiger partial charge in [-0.3, -0.25) is 4.79 Å². The first-order valence-electron chi connectivity index (χ1n) is 7.67. The molecule has 20 heavy (non-hydrogen) atoms. The molecule has 0 saturated heterocycles. The van der Waals surface area contributed by atoms with Crippen LogP contribution in [0.1, 0.15) is 52.9 Å². The Balaban J connectivity index is 1.71. The van der Waals surface area contributed by atoms with Crippen molar-refractivity contribution in [2.24, 2.45) is 28.6 Å². The normalized spacial score (nSPS) is 40.5. The standard InChI is InChI=1S/C16H24F2O2/c1-14(2,3)16(17,18)20-9-15-6-10-4-11(7-15)13(19)12(5-10)8-15/h10-12H,4-9H2,1-3H3. The van der Waals surface area contributed by atoms with Crippen molar-refractivity contribution >= 4 is 5.78 Å². The molecule has 0 spiro atoms. The van der Waals surface area contributed by atoms with Crippen LogP contribution in [0.15, 0.2) is 0 Å². The first-order chi connectivity index (χ1) is 9.12. The number of halogens is 2. The minimum Gasteiger partial charge on any atom is -0.319 e. The van der Waals surface area contributed by atoms with E-state index in [1.54, 1.807) is 0 Å². The van der Waals surface area contributed by atoms with Crippen LogP contribution in [0.4, 0.5) is 8.78 Å². The summed E-state index contributed by atoms with van der Waals surface area (Å²) < 4.78 is 33.1. The first-order valence-corrected chi connectivity index (χ1v) is 7.67. The number of rotatable bonds is 3. The highest BCUT2D eigenvalue weighted by molar-refractivity contribution is 5.85. The Morgan fingerprint density at radius 1 is 1.15 bits per heavy atom. The summed E-state index contributed by atoms with van der Waals surface area (Å²) in [5, 5.41) is 0.